The molecule has 0 N–H and O–H groups in total. The van der Waals surface area contributed by atoms with Gasteiger partial charge in [0, 0.05) is 13.5 Å². The van der Waals surface area contributed by atoms with Gasteiger partial charge in [0.25, 0.3) is 0 Å². The van der Waals surface area contributed by atoms with Crippen LogP contribution in [0.3, 0.4) is 0 Å². The molecule has 0 amide bonds. The second kappa shape index (κ2) is 8.92. The minimum absolute atomic E-state index is 0.211. The monoisotopic (exact) mass is 223 g/mol. The summed E-state index contributed by atoms with van der Waals surface area (Å²) in [5, 5.41) is 0. The van der Waals surface area contributed by atoms with Crippen molar-refractivity contribution in [3.63, 3.8) is 0 Å². The summed E-state index contributed by atoms with van der Waals surface area (Å²) >= 11 is 0. The van der Waals surface area contributed by atoms with Gasteiger partial charge in [-0.15, -0.1) is 0 Å². The summed E-state index contributed by atoms with van der Waals surface area (Å²) in [5.41, 5.74) is 1.37. The maximum Gasteiger partial charge on any atom is 0.302 e. The molecule has 0 spiro atoms. The van der Waals surface area contributed by atoms with E-state index in [0.29, 0.717) is 6.61 Å². The molecule has 0 aliphatic carbocycles. The van der Waals surface area contributed by atoms with Gasteiger partial charge in [0.1, 0.15) is 0 Å². The van der Waals surface area contributed by atoms with E-state index in [1.54, 1.807) is 6.92 Å². The number of rotatable bonds is 3. The van der Waals surface area contributed by atoms with E-state index in [0.717, 1.165) is 6.54 Å². The SMILES string of the molecule is CCOC(C)=O.CN(C)Cc1ccccc1. The number of esters is 1. The highest BCUT2D eigenvalue weighted by Crippen LogP contribution is 1.99. The van der Waals surface area contributed by atoms with Gasteiger partial charge in [-0.2, -0.15) is 0 Å². The number of carbonyl (C=O) groups is 1. The summed E-state index contributed by atoms with van der Waals surface area (Å²) in [6.45, 7) is 4.68. The Hall–Kier alpha value is -1.35. The molecule has 1 aromatic carbocycles. The van der Waals surface area contributed by atoms with Crippen LogP contribution in [-0.4, -0.2) is 31.6 Å². The minimum Gasteiger partial charge on any atom is -0.466 e. The number of hydrogen-bond donors (Lipinski definition) is 0. The van der Waals surface area contributed by atoms with Gasteiger partial charge in [0.05, 0.1) is 6.61 Å². The lowest BCUT2D eigenvalue weighted by Crippen LogP contribution is -2.10. The van der Waals surface area contributed by atoms with Crippen LogP contribution < -0.4 is 0 Å². The first-order chi connectivity index (χ1) is 7.56. The van der Waals surface area contributed by atoms with Gasteiger partial charge in [-0.25, -0.2) is 0 Å². The van der Waals surface area contributed by atoms with Crippen molar-refractivity contribution in [2.45, 2.75) is 20.4 Å². The van der Waals surface area contributed by atoms with Crippen LogP contribution in [0.4, 0.5) is 0 Å². The summed E-state index contributed by atoms with van der Waals surface area (Å²) in [6, 6.07) is 10.5. The van der Waals surface area contributed by atoms with Crippen LogP contribution >= 0.6 is 0 Å². The van der Waals surface area contributed by atoms with Crippen LogP contribution in [0.15, 0.2) is 30.3 Å². The lowest BCUT2D eigenvalue weighted by atomic mass is 10.2. The quantitative estimate of drug-likeness (QED) is 0.736. The number of benzene rings is 1. The first-order valence-corrected chi connectivity index (χ1v) is 5.38. The van der Waals surface area contributed by atoms with Crippen molar-refractivity contribution in [2.24, 2.45) is 0 Å². The Bertz CT molecular complexity index is 283. The fraction of sp³-hybridized carbons (Fsp3) is 0.462. The zero-order valence-electron chi connectivity index (χ0n) is 10.6. The summed E-state index contributed by atoms with van der Waals surface area (Å²) in [7, 11) is 4.15. The molecule has 90 valence electrons. The highest BCUT2D eigenvalue weighted by atomic mass is 16.5. The van der Waals surface area contributed by atoms with Crippen LogP contribution in [-0.2, 0) is 16.1 Å². The highest BCUT2D eigenvalue weighted by molar-refractivity contribution is 5.65. The van der Waals surface area contributed by atoms with Crippen molar-refractivity contribution in [1.82, 2.24) is 4.90 Å². The van der Waals surface area contributed by atoms with Gasteiger partial charge in [-0.3, -0.25) is 4.79 Å². The molecular formula is C13H21NO2. The van der Waals surface area contributed by atoms with Gasteiger partial charge >= 0.3 is 5.97 Å². The number of nitrogens with zero attached hydrogens (tertiary/aromatic N) is 1. The largest absolute Gasteiger partial charge is 0.466 e. The molecule has 0 aliphatic heterocycles. The first-order valence-electron chi connectivity index (χ1n) is 5.38. The van der Waals surface area contributed by atoms with Crippen LogP contribution in [0.5, 0.6) is 0 Å². The molecule has 1 aromatic rings. The van der Waals surface area contributed by atoms with Crippen LogP contribution in [0, 0.1) is 0 Å². The fourth-order valence-electron chi connectivity index (χ4n) is 1.15. The number of ether oxygens (including phenoxy) is 1. The van der Waals surface area contributed by atoms with Gasteiger partial charge in [0.2, 0.25) is 0 Å². The van der Waals surface area contributed by atoms with E-state index in [9.17, 15) is 4.79 Å². The lowest BCUT2D eigenvalue weighted by Gasteiger charge is -2.08. The Morgan fingerprint density at radius 3 is 2.12 bits per heavy atom. The molecule has 0 bridgehead atoms. The van der Waals surface area contributed by atoms with E-state index in [1.807, 2.05) is 6.07 Å². The third-order valence-corrected chi connectivity index (χ3v) is 1.69. The van der Waals surface area contributed by atoms with E-state index in [2.05, 4.69) is 48.0 Å². The molecule has 0 saturated heterocycles. The van der Waals surface area contributed by atoms with Crippen LogP contribution in [0.25, 0.3) is 0 Å². The van der Waals surface area contributed by atoms with Crippen molar-refractivity contribution in [1.29, 1.82) is 0 Å². The third kappa shape index (κ3) is 9.21. The normalized spacial score (nSPS) is 9.31. The molecular weight excluding hydrogens is 202 g/mol. The van der Waals surface area contributed by atoms with Crippen molar-refractivity contribution >= 4 is 5.97 Å². The first kappa shape index (κ1) is 14.6. The summed E-state index contributed by atoms with van der Waals surface area (Å²) in [6.07, 6.45) is 0. The number of carbonyl (C=O) groups excluding carboxylic acids is 1. The molecule has 0 atom stereocenters. The predicted molar refractivity (Wildman–Crippen MR) is 66.1 cm³/mol. The zero-order valence-corrected chi connectivity index (χ0v) is 10.6. The van der Waals surface area contributed by atoms with Crippen molar-refractivity contribution in [3.05, 3.63) is 35.9 Å². The van der Waals surface area contributed by atoms with Gasteiger partial charge in [-0.05, 0) is 26.6 Å². The van der Waals surface area contributed by atoms with E-state index in [1.165, 1.54) is 12.5 Å². The minimum atomic E-state index is -0.211. The maximum atomic E-state index is 9.82. The average Bonchev–Trinajstić information content (AvgIpc) is 2.18. The standard InChI is InChI=1S/C9H13N.C4H8O2/c1-10(2)8-9-6-4-3-5-7-9;1-3-6-4(2)5/h3-7H,8H2,1-2H3;3H2,1-2H3. The molecule has 0 unspecified atom stereocenters. The Balaban J connectivity index is 0.000000325. The molecule has 0 radical (unpaired) electrons. The topological polar surface area (TPSA) is 29.5 Å². The Kier molecular flexibility index (Phi) is 8.17. The summed E-state index contributed by atoms with van der Waals surface area (Å²) in [5.74, 6) is -0.211. The molecule has 0 aromatic heterocycles. The average molecular weight is 223 g/mol. The molecule has 0 aliphatic rings. The van der Waals surface area contributed by atoms with Crippen molar-refractivity contribution < 1.29 is 9.53 Å². The Morgan fingerprint density at radius 1 is 1.25 bits per heavy atom. The van der Waals surface area contributed by atoms with Gasteiger partial charge in [-0.1, -0.05) is 30.3 Å². The molecule has 16 heavy (non-hydrogen) atoms. The second-order valence-corrected chi connectivity index (χ2v) is 3.65. The van der Waals surface area contributed by atoms with E-state index >= 15 is 0 Å². The smallest absolute Gasteiger partial charge is 0.302 e. The van der Waals surface area contributed by atoms with Crippen molar-refractivity contribution in [3.8, 4) is 0 Å². The Labute approximate surface area is 98.0 Å². The predicted octanol–water partition coefficient (Wildman–Crippen LogP) is 2.32. The van der Waals surface area contributed by atoms with E-state index in [-0.39, 0.29) is 5.97 Å². The zero-order chi connectivity index (χ0) is 12.4. The fourth-order valence-corrected chi connectivity index (χ4v) is 1.15. The summed E-state index contributed by atoms with van der Waals surface area (Å²) < 4.78 is 4.40. The third-order valence-electron chi connectivity index (χ3n) is 1.69. The van der Waals surface area contributed by atoms with Crippen LogP contribution in [0.1, 0.15) is 19.4 Å². The Morgan fingerprint density at radius 2 is 1.81 bits per heavy atom. The molecule has 0 heterocycles. The van der Waals surface area contributed by atoms with Crippen molar-refractivity contribution in [2.75, 3.05) is 20.7 Å². The van der Waals surface area contributed by atoms with Gasteiger partial charge < -0.3 is 9.64 Å². The second-order valence-electron chi connectivity index (χ2n) is 3.65. The highest BCUT2D eigenvalue weighted by Gasteiger charge is 1.90. The lowest BCUT2D eigenvalue weighted by molar-refractivity contribution is -0.140. The van der Waals surface area contributed by atoms with Gasteiger partial charge in [0.15, 0.2) is 0 Å². The molecule has 1 rings (SSSR count). The summed E-state index contributed by atoms with van der Waals surface area (Å²) in [4.78, 5) is 12.0. The molecule has 0 saturated carbocycles. The molecule has 3 heteroatoms. The molecule has 3 nitrogen and oxygen atoms in total. The number of hydrogen-bond acceptors (Lipinski definition) is 3. The van der Waals surface area contributed by atoms with E-state index < -0.39 is 0 Å². The molecule has 0 fully saturated rings. The van der Waals surface area contributed by atoms with E-state index in [4.69, 9.17) is 0 Å². The maximum absolute atomic E-state index is 9.82. The van der Waals surface area contributed by atoms with Crippen LogP contribution in [0.2, 0.25) is 0 Å².